The number of amides is 1. The Bertz CT molecular complexity index is 436. The summed E-state index contributed by atoms with van der Waals surface area (Å²) in [6, 6.07) is 3.53. The molecule has 0 bridgehead atoms. The normalized spacial score (nSPS) is 18.6. The van der Waals surface area contributed by atoms with E-state index in [4.69, 9.17) is 9.47 Å². The van der Waals surface area contributed by atoms with Crippen LogP contribution in [0.2, 0.25) is 0 Å². The molecule has 1 aromatic rings. The smallest absolute Gasteiger partial charge is 0.259 e. The average molecular weight is 264 g/mol. The van der Waals surface area contributed by atoms with E-state index in [9.17, 15) is 4.79 Å². The van der Waals surface area contributed by atoms with Crippen molar-refractivity contribution in [3.8, 4) is 5.88 Å². The maximum atomic E-state index is 12.5. The quantitative estimate of drug-likeness (QED) is 0.810. The van der Waals surface area contributed by atoms with E-state index in [1.807, 2.05) is 11.8 Å². The minimum Gasteiger partial charge on any atom is -0.477 e. The molecule has 1 aliphatic rings. The Morgan fingerprint density at radius 2 is 2.42 bits per heavy atom. The molecule has 1 atom stereocenters. The van der Waals surface area contributed by atoms with Crippen molar-refractivity contribution in [1.82, 2.24) is 9.88 Å². The highest BCUT2D eigenvalue weighted by atomic mass is 16.5. The fourth-order valence-electron chi connectivity index (χ4n) is 2.36. The number of likely N-dealkylation sites (tertiary alicyclic amines) is 1. The van der Waals surface area contributed by atoms with Crippen LogP contribution in [0.1, 0.15) is 23.7 Å². The number of pyridine rings is 1. The number of ether oxygens (including phenoxy) is 2. The van der Waals surface area contributed by atoms with Crippen LogP contribution in [0.3, 0.4) is 0 Å². The van der Waals surface area contributed by atoms with Gasteiger partial charge < -0.3 is 14.4 Å². The summed E-state index contributed by atoms with van der Waals surface area (Å²) in [7, 11) is 1.69. The molecule has 2 heterocycles. The van der Waals surface area contributed by atoms with E-state index < -0.39 is 0 Å². The molecule has 1 aromatic heterocycles. The van der Waals surface area contributed by atoms with Crippen LogP contribution in [-0.4, -0.2) is 49.2 Å². The van der Waals surface area contributed by atoms with Crippen LogP contribution < -0.4 is 4.74 Å². The maximum absolute atomic E-state index is 12.5. The van der Waals surface area contributed by atoms with Gasteiger partial charge in [-0.1, -0.05) is 0 Å². The van der Waals surface area contributed by atoms with Crippen molar-refractivity contribution in [1.29, 1.82) is 0 Å². The van der Waals surface area contributed by atoms with Gasteiger partial charge in [0.05, 0.1) is 13.2 Å². The SMILES string of the molecule is CCOc1ncccc1C(=O)N1CC[C@H](COC)C1. The summed E-state index contributed by atoms with van der Waals surface area (Å²) in [6.07, 6.45) is 2.63. The van der Waals surface area contributed by atoms with Gasteiger partial charge >= 0.3 is 0 Å². The average Bonchev–Trinajstić information content (AvgIpc) is 2.88. The summed E-state index contributed by atoms with van der Waals surface area (Å²) in [5.74, 6) is 0.849. The van der Waals surface area contributed by atoms with Gasteiger partial charge in [0.15, 0.2) is 0 Å². The van der Waals surface area contributed by atoms with Crippen LogP contribution in [0, 0.1) is 5.92 Å². The van der Waals surface area contributed by atoms with Gasteiger partial charge in [-0.05, 0) is 25.5 Å². The number of aromatic nitrogens is 1. The van der Waals surface area contributed by atoms with Crippen LogP contribution in [0.15, 0.2) is 18.3 Å². The molecule has 19 heavy (non-hydrogen) atoms. The molecule has 0 radical (unpaired) electrons. The molecule has 0 spiro atoms. The molecule has 0 aromatic carbocycles. The van der Waals surface area contributed by atoms with Crippen LogP contribution in [0.4, 0.5) is 0 Å². The Morgan fingerprint density at radius 3 is 3.16 bits per heavy atom. The maximum Gasteiger partial charge on any atom is 0.259 e. The topological polar surface area (TPSA) is 51.7 Å². The molecule has 104 valence electrons. The van der Waals surface area contributed by atoms with Gasteiger partial charge in [-0.3, -0.25) is 4.79 Å². The molecule has 5 nitrogen and oxygen atoms in total. The van der Waals surface area contributed by atoms with E-state index in [2.05, 4.69) is 4.98 Å². The largest absolute Gasteiger partial charge is 0.477 e. The monoisotopic (exact) mass is 264 g/mol. The first-order valence-corrected chi connectivity index (χ1v) is 6.62. The van der Waals surface area contributed by atoms with Gasteiger partial charge in [0, 0.05) is 32.3 Å². The number of hydrogen-bond acceptors (Lipinski definition) is 4. The predicted octanol–water partition coefficient (Wildman–Crippen LogP) is 1.59. The van der Waals surface area contributed by atoms with Gasteiger partial charge in [0.1, 0.15) is 5.56 Å². The zero-order valence-corrected chi connectivity index (χ0v) is 11.5. The first-order valence-electron chi connectivity index (χ1n) is 6.62. The van der Waals surface area contributed by atoms with Gasteiger partial charge in [0.25, 0.3) is 5.91 Å². The Morgan fingerprint density at radius 1 is 1.58 bits per heavy atom. The summed E-state index contributed by atoms with van der Waals surface area (Å²) in [5.41, 5.74) is 0.544. The van der Waals surface area contributed by atoms with Gasteiger partial charge in [-0.25, -0.2) is 4.98 Å². The number of hydrogen-bond donors (Lipinski definition) is 0. The van der Waals surface area contributed by atoms with Crippen molar-refractivity contribution in [2.24, 2.45) is 5.92 Å². The summed E-state index contributed by atoms with van der Waals surface area (Å²) in [5, 5.41) is 0. The highest BCUT2D eigenvalue weighted by Crippen LogP contribution is 2.22. The number of rotatable bonds is 5. The second-order valence-corrected chi connectivity index (χ2v) is 4.65. The summed E-state index contributed by atoms with van der Waals surface area (Å²) in [6.45, 7) is 4.60. The molecule has 2 rings (SSSR count). The third-order valence-corrected chi connectivity index (χ3v) is 3.26. The molecule has 0 unspecified atom stereocenters. The van der Waals surface area contributed by atoms with Gasteiger partial charge in [0.2, 0.25) is 5.88 Å². The minimum absolute atomic E-state index is 0.00449. The minimum atomic E-state index is -0.00449. The Labute approximate surface area is 113 Å². The number of carbonyl (C=O) groups excluding carboxylic acids is 1. The lowest BCUT2D eigenvalue weighted by atomic mass is 10.1. The lowest BCUT2D eigenvalue weighted by Gasteiger charge is -2.17. The second kappa shape index (κ2) is 6.52. The lowest BCUT2D eigenvalue weighted by molar-refractivity contribution is 0.0770. The molecule has 0 N–H and O–H groups in total. The van der Waals surface area contributed by atoms with Crippen molar-refractivity contribution in [2.45, 2.75) is 13.3 Å². The van der Waals surface area contributed by atoms with Crippen molar-refractivity contribution in [3.63, 3.8) is 0 Å². The van der Waals surface area contributed by atoms with Crippen LogP contribution >= 0.6 is 0 Å². The van der Waals surface area contributed by atoms with Crippen LogP contribution in [0.25, 0.3) is 0 Å². The highest BCUT2D eigenvalue weighted by Gasteiger charge is 2.28. The molecule has 0 saturated carbocycles. The van der Waals surface area contributed by atoms with Crippen molar-refractivity contribution >= 4 is 5.91 Å². The second-order valence-electron chi connectivity index (χ2n) is 4.65. The molecule has 1 aliphatic heterocycles. The molecule has 1 amide bonds. The summed E-state index contributed by atoms with van der Waals surface area (Å²) < 4.78 is 10.6. The third kappa shape index (κ3) is 3.23. The fraction of sp³-hybridized carbons (Fsp3) is 0.571. The first-order chi connectivity index (χ1) is 9.26. The van der Waals surface area contributed by atoms with Gasteiger partial charge in [-0.2, -0.15) is 0 Å². The van der Waals surface area contributed by atoms with Crippen LogP contribution in [-0.2, 0) is 4.74 Å². The standard InChI is InChI=1S/C14H20N2O3/c1-3-19-13-12(5-4-7-15-13)14(17)16-8-6-11(9-16)10-18-2/h4-5,7,11H,3,6,8-10H2,1-2H3/t11-/m0/s1. The van der Waals surface area contributed by atoms with E-state index in [1.54, 1.807) is 25.4 Å². The summed E-state index contributed by atoms with van der Waals surface area (Å²) >= 11 is 0. The van der Waals surface area contributed by atoms with Gasteiger partial charge in [-0.15, -0.1) is 0 Å². The number of nitrogens with zero attached hydrogens (tertiary/aromatic N) is 2. The zero-order chi connectivity index (χ0) is 13.7. The van der Waals surface area contributed by atoms with E-state index in [1.165, 1.54) is 0 Å². The first kappa shape index (κ1) is 13.8. The Balaban J connectivity index is 2.08. The number of carbonyl (C=O) groups is 1. The molecule has 5 heteroatoms. The lowest BCUT2D eigenvalue weighted by Crippen LogP contribution is -2.29. The Kier molecular flexibility index (Phi) is 4.74. The third-order valence-electron chi connectivity index (χ3n) is 3.26. The van der Waals surface area contributed by atoms with E-state index >= 15 is 0 Å². The fourth-order valence-corrected chi connectivity index (χ4v) is 2.36. The molecule has 1 fully saturated rings. The summed E-state index contributed by atoms with van der Waals surface area (Å²) in [4.78, 5) is 18.4. The molecule has 0 aliphatic carbocycles. The predicted molar refractivity (Wildman–Crippen MR) is 71.3 cm³/mol. The van der Waals surface area contributed by atoms with E-state index in [0.29, 0.717) is 30.6 Å². The van der Waals surface area contributed by atoms with E-state index in [0.717, 1.165) is 19.5 Å². The van der Waals surface area contributed by atoms with Crippen molar-refractivity contribution in [3.05, 3.63) is 23.9 Å². The van der Waals surface area contributed by atoms with E-state index in [-0.39, 0.29) is 5.91 Å². The number of methoxy groups -OCH3 is 1. The highest BCUT2D eigenvalue weighted by molar-refractivity contribution is 5.96. The molecular formula is C14H20N2O3. The Hall–Kier alpha value is -1.62. The molecule has 1 saturated heterocycles. The zero-order valence-electron chi connectivity index (χ0n) is 11.5. The van der Waals surface area contributed by atoms with Crippen molar-refractivity contribution in [2.75, 3.05) is 33.4 Å². The van der Waals surface area contributed by atoms with Crippen molar-refractivity contribution < 1.29 is 14.3 Å². The molecular weight excluding hydrogens is 244 g/mol. The van der Waals surface area contributed by atoms with Crippen LogP contribution in [0.5, 0.6) is 5.88 Å².